The number of alkyl halides is 3. The Balaban J connectivity index is 1.11. The number of fused-ring (bicyclic) bond motifs is 1. The lowest BCUT2D eigenvalue weighted by molar-refractivity contribution is -0.137. The molecule has 1 aromatic heterocycles. The van der Waals surface area contributed by atoms with Gasteiger partial charge in [-0.2, -0.15) is 13.2 Å². The Morgan fingerprint density at radius 1 is 0.957 bits per heavy atom. The van der Waals surface area contributed by atoms with Crippen molar-refractivity contribution in [2.24, 2.45) is 0 Å². The number of halogens is 3. The number of rotatable bonds is 8. The van der Waals surface area contributed by atoms with Gasteiger partial charge in [0.15, 0.2) is 0 Å². The molecule has 3 N–H and O–H groups in total. The van der Waals surface area contributed by atoms with E-state index in [1.807, 2.05) is 31.2 Å². The van der Waals surface area contributed by atoms with Crippen LogP contribution in [0.15, 0.2) is 72.9 Å². The van der Waals surface area contributed by atoms with Crippen LogP contribution >= 0.6 is 0 Å². The number of anilines is 5. The van der Waals surface area contributed by atoms with Gasteiger partial charge in [0.2, 0.25) is 5.95 Å². The van der Waals surface area contributed by atoms with Gasteiger partial charge in [-0.05, 0) is 67.1 Å². The fourth-order valence-electron chi connectivity index (χ4n) is 5.81. The van der Waals surface area contributed by atoms with Crippen LogP contribution in [0.5, 0.6) is 0 Å². The highest BCUT2D eigenvalue weighted by Gasteiger charge is 2.31. The van der Waals surface area contributed by atoms with Crippen molar-refractivity contribution in [3.05, 3.63) is 101 Å². The zero-order chi connectivity index (χ0) is 33.1. The van der Waals surface area contributed by atoms with Gasteiger partial charge in [-0.25, -0.2) is 9.97 Å². The van der Waals surface area contributed by atoms with Crippen LogP contribution < -0.4 is 20.4 Å². The SMILES string of the molecule is Cc1ccc(NC(=O)c2cccc(C(F)(F)F)c2)cc1N1CCc2nc(Nc3ccc(N4CCN(CCO)CC4)cc3)ncc2C1=O. The Labute approximate surface area is 269 Å². The van der Waals surface area contributed by atoms with E-state index in [4.69, 9.17) is 5.11 Å². The molecule has 2 aliphatic heterocycles. The highest BCUT2D eigenvalue weighted by molar-refractivity contribution is 6.09. The summed E-state index contributed by atoms with van der Waals surface area (Å²) in [6, 6.07) is 17.2. The molecular weight excluding hydrogens is 611 g/mol. The van der Waals surface area contributed by atoms with E-state index in [0.29, 0.717) is 48.1 Å². The molecule has 0 spiro atoms. The number of carbonyl (C=O) groups is 2. The van der Waals surface area contributed by atoms with Gasteiger partial charge in [0.1, 0.15) is 0 Å². The summed E-state index contributed by atoms with van der Waals surface area (Å²) >= 11 is 0. The molecule has 0 radical (unpaired) electrons. The maximum atomic E-state index is 13.6. The van der Waals surface area contributed by atoms with Gasteiger partial charge in [-0.1, -0.05) is 12.1 Å². The average molecular weight is 646 g/mol. The quantitative estimate of drug-likeness (QED) is 0.242. The number of aliphatic hydroxyl groups is 1. The predicted octanol–water partition coefficient (Wildman–Crippen LogP) is 5.12. The van der Waals surface area contributed by atoms with E-state index < -0.39 is 17.6 Å². The second-order valence-electron chi connectivity index (χ2n) is 11.5. The van der Waals surface area contributed by atoms with E-state index in [0.717, 1.165) is 55.2 Å². The molecule has 2 aliphatic rings. The lowest BCUT2D eigenvalue weighted by Gasteiger charge is -2.35. The molecule has 3 aromatic carbocycles. The minimum Gasteiger partial charge on any atom is -0.395 e. The summed E-state index contributed by atoms with van der Waals surface area (Å²) < 4.78 is 39.4. The molecule has 2 amide bonds. The highest BCUT2D eigenvalue weighted by Crippen LogP contribution is 2.32. The Morgan fingerprint density at radius 3 is 2.43 bits per heavy atom. The number of β-amino-alcohol motifs (C(OH)–C–C–N with tert-alkyl or cyclic N) is 1. The zero-order valence-electron chi connectivity index (χ0n) is 25.7. The molecular formula is C34H34F3N7O3. The summed E-state index contributed by atoms with van der Waals surface area (Å²) in [5, 5.41) is 15.0. The van der Waals surface area contributed by atoms with Crippen molar-refractivity contribution in [2.75, 3.05) is 66.3 Å². The molecule has 6 rings (SSSR count). The van der Waals surface area contributed by atoms with Crippen LogP contribution in [0, 0.1) is 6.92 Å². The van der Waals surface area contributed by atoms with Crippen molar-refractivity contribution in [3.8, 4) is 0 Å². The van der Waals surface area contributed by atoms with Gasteiger partial charge in [-0.3, -0.25) is 14.5 Å². The van der Waals surface area contributed by atoms with Gasteiger partial charge < -0.3 is 25.5 Å². The molecule has 3 heterocycles. The topological polar surface area (TPSA) is 114 Å². The Kier molecular flexibility index (Phi) is 9.10. The number of benzene rings is 3. The van der Waals surface area contributed by atoms with E-state index in [2.05, 4.69) is 30.4 Å². The predicted molar refractivity (Wildman–Crippen MR) is 173 cm³/mol. The summed E-state index contributed by atoms with van der Waals surface area (Å²) in [6.07, 6.45) is -2.59. The molecule has 0 aliphatic carbocycles. The van der Waals surface area contributed by atoms with E-state index in [-0.39, 0.29) is 18.1 Å². The molecule has 10 nitrogen and oxygen atoms in total. The monoisotopic (exact) mass is 645 g/mol. The Morgan fingerprint density at radius 2 is 1.70 bits per heavy atom. The number of nitrogens with zero attached hydrogens (tertiary/aromatic N) is 5. The molecule has 1 fully saturated rings. The van der Waals surface area contributed by atoms with Gasteiger partial charge >= 0.3 is 6.18 Å². The van der Waals surface area contributed by atoms with Crippen LogP contribution in [0.25, 0.3) is 0 Å². The van der Waals surface area contributed by atoms with Crippen molar-refractivity contribution in [3.63, 3.8) is 0 Å². The third-order valence-corrected chi connectivity index (χ3v) is 8.40. The first-order valence-corrected chi connectivity index (χ1v) is 15.3. The van der Waals surface area contributed by atoms with Crippen molar-refractivity contribution < 1.29 is 27.9 Å². The number of aryl methyl sites for hydroxylation is 1. The molecule has 0 unspecified atom stereocenters. The maximum absolute atomic E-state index is 13.6. The number of nitrogens with one attached hydrogen (secondary N) is 2. The van der Waals surface area contributed by atoms with Crippen molar-refractivity contribution >= 4 is 40.5 Å². The van der Waals surface area contributed by atoms with Crippen LogP contribution in [-0.2, 0) is 12.6 Å². The van der Waals surface area contributed by atoms with Gasteiger partial charge in [-0.15, -0.1) is 0 Å². The lowest BCUT2D eigenvalue weighted by Crippen LogP contribution is -2.47. The Hall–Kier alpha value is -5.01. The second-order valence-corrected chi connectivity index (χ2v) is 11.5. The second kappa shape index (κ2) is 13.4. The van der Waals surface area contributed by atoms with Crippen LogP contribution in [-0.4, -0.2) is 77.7 Å². The first-order valence-electron chi connectivity index (χ1n) is 15.3. The van der Waals surface area contributed by atoms with E-state index in [1.165, 1.54) is 18.3 Å². The maximum Gasteiger partial charge on any atom is 0.416 e. The van der Waals surface area contributed by atoms with Gasteiger partial charge in [0, 0.05) is 80.2 Å². The van der Waals surface area contributed by atoms with Crippen LogP contribution in [0.4, 0.5) is 41.9 Å². The number of piperazine rings is 1. The minimum atomic E-state index is -4.57. The smallest absolute Gasteiger partial charge is 0.395 e. The summed E-state index contributed by atoms with van der Waals surface area (Å²) in [5.74, 6) is -0.599. The molecule has 4 aromatic rings. The van der Waals surface area contributed by atoms with Gasteiger partial charge in [0.05, 0.1) is 23.4 Å². The Bertz CT molecular complexity index is 1770. The van der Waals surface area contributed by atoms with Crippen LogP contribution in [0.1, 0.15) is 37.5 Å². The van der Waals surface area contributed by atoms with E-state index in [9.17, 15) is 22.8 Å². The van der Waals surface area contributed by atoms with Gasteiger partial charge in [0.25, 0.3) is 11.8 Å². The number of carbonyl (C=O) groups excluding carboxylic acids is 2. The normalized spacial score (nSPS) is 15.4. The van der Waals surface area contributed by atoms with Crippen molar-refractivity contribution in [1.82, 2.24) is 14.9 Å². The fourth-order valence-corrected chi connectivity index (χ4v) is 5.81. The van der Waals surface area contributed by atoms with E-state index in [1.54, 1.807) is 23.1 Å². The van der Waals surface area contributed by atoms with E-state index >= 15 is 0 Å². The number of hydrogen-bond donors (Lipinski definition) is 3. The largest absolute Gasteiger partial charge is 0.416 e. The third-order valence-electron chi connectivity index (χ3n) is 8.40. The third kappa shape index (κ3) is 7.21. The fraction of sp³-hybridized carbons (Fsp3) is 0.294. The highest BCUT2D eigenvalue weighted by atomic mass is 19.4. The summed E-state index contributed by atoms with van der Waals surface area (Å²) in [7, 11) is 0. The number of amides is 2. The molecule has 244 valence electrons. The van der Waals surface area contributed by atoms with Crippen LogP contribution in [0.2, 0.25) is 0 Å². The zero-order valence-corrected chi connectivity index (χ0v) is 25.7. The number of aromatic nitrogens is 2. The first kappa shape index (κ1) is 32.0. The molecule has 0 saturated carbocycles. The lowest BCUT2D eigenvalue weighted by atomic mass is 10.0. The molecule has 0 bridgehead atoms. The van der Waals surface area contributed by atoms with Crippen LogP contribution in [0.3, 0.4) is 0 Å². The first-order chi connectivity index (χ1) is 22.6. The standard InChI is InChI=1S/C34H34F3N7O3/c1-22-5-6-26(39-31(46)23-3-2-4-24(19-23)34(35,36)37)20-30(22)44-12-11-29-28(32(44)47)21-38-33(41-29)40-25-7-9-27(10-8-25)43-15-13-42(14-16-43)17-18-45/h2-10,19-21,45H,11-18H2,1H3,(H,39,46)(H,38,40,41). The summed E-state index contributed by atoms with van der Waals surface area (Å²) in [4.78, 5) is 41.5. The molecule has 0 atom stereocenters. The average Bonchev–Trinajstić information content (AvgIpc) is 3.06. The molecule has 47 heavy (non-hydrogen) atoms. The van der Waals surface area contributed by atoms with Crippen molar-refractivity contribution in [1.29, 1.82) is 0 Å². The summed E-state index contributed by atoms with van der Waals surface area (Å²) in [6.45, 7) is 6.65. The molecule has 13 heteroatoms. The van der Waals surface area contributed by atoms with Crippen molar-refractivity contribution in [2.45, 2.75) is 19.5 Å². The minimum absolute atomic E-state index is 0.129. The molecule has 1 saturated heterocycles. The summed E-state index contributed by atoms with van der Waals surface area (Å²) in [5.41, 5.74) is 3.58. The number of aliphatic hydroxyl groups excluding tert-OH is 1. The number of hydrogen-bond acceptors (Lipinski definition) is 8.